The SMILES string of the molecule is Cc1ccc(F)c(C(=O)NCCSc2cn[nH]n2)c1F. The van der Waals surface area contributed by atoms with Crippen LogP contribution in [0.3, 0.4) is 0 Å². The molecule has 0 saturated carbocycles. The number of thioether (sulfide) groups is 1. The molecular weight excluding hydrogens is 286 g/mol. The second-order valence-corrected chi connectivity index (χ2v) is 5.08. The first-order valence-electron chi connectivity index (χ1n) is 5.81. The van der Waals surface area contributed by atoms with Crippen molar-refractivity contribution in [2.45, 2.75) is 11.9 Å². The summed E-state index contributed by atoms with van der Waals surface area (Å²) >= 11 is 1.37. The van der Waals surface area contributed by atoms with Crippen LogP contribution in [0.25, 0.3) is 0 Å². The third-order valence-corrected chi connectivity index (χ3v) is 3.44. The van der Waals surface area contributed by atoms with Crippen molar-refractivity contribution in [3.05, 3.63) is 41.1 Å². The number of rotatable bonds is 5. The van der Waals surface area contributed by atoms with Gasteiger partial charge in [0.05, 0.1) is 6.20 Å². The Labute approximate surface area is 118 Å². The molecule has 1 amide bonds. The number of halogens is 2. The molecule has 0 aliphatic rings. The van der Waals surface area contributed by atoms with Crippen LogP contribution in [0.2, 0.25) is 0 Å². The zero-order valence-corrected chi connectivity index (χ0v) is 11.4. The minimum Gasteiger partial charge on any atom is -0.351 e. The van der Waals surface area contributed by atoms with Gasteiger partial charge in [0.2, 0.25) is 0 Å². The van der Waals surface area contributed by atoms with E-state index in [9.17, 15) is 13.6 Å². The Bertz CT molecular complexity index is 604. The second-order valence-electron chi connectivity index (χ2n) is 3.97. The highest BCUT2D eigenvalue weighted by Gasteiger charge is 2.18. The summed E-state index contributed by atoms with van der Waals surface area (Å²) in [5, 5.41) is 13.1. The van der Waals surface area contributed by atoms with Crippen LogP contribution < -0.4 is 5.32 Å². The smallest absolute Gasteiger partial charge is 0.257 e. The zero-order chi connectivity index (χ0) is 14.5. The summed E-state index contributed by atoms with van der Waals surface area (Å²) in [4.78, 5) is 11.8. The summed E-state index contributed by atoms with van der Waals surface area (Å²) in [6, 6.07) is 2.37. The van der Waals surface area contributed by atoms with Gasteiger partial charge in [-0.25, -0.2) is 8.78 Å². The third-order valence-electron chi connectivity index (χ3n) is 2.54. The average molecular weight is 298 g/mol. The lowest BCUT2D eigenvalue weighted by Crippen LogP contribution is -2.27. The molecule has 0 aliphatic heterocycles. The number of nitrogens with one attached hydrogen (secondary N) is 2. The maximum absolute atomic E-state index is 13.7. The number of aryl methyl sites for hydroxylation is 1. The Morgan fingerprint density at radius 3 is 2.95 bits per heavy atom. The van der Waals surface area contributed by atoms with Crippen molar-refractivity contribution in [2.24, 2.45) is 0 Å². The molecule has 0 fully saturated rings. The van der Waals surface area contributed by atoms with E-state index < -0.39 is 23.1 Å². The summed E-state index contributed by atoms with van der Waals surface area (Å²) in [5.41, 5.74) is -0.315. The van der Waals surface area contributed by atoms with E-state index in [0.717, 1.165) is 6.07 Å². The van der Waals surface area contributed by atoms with Gasteiger partial charge in [0.25, 0.3) is 5.91 Å². The van der Waals surface area contributed by atoms with Crippen LogP contribution in [0.4, 0.5) is 8.78 Å². The molecule has 5 nitrogen and oxygen atoms in total. The van der Waals surface area contributed by atoms with Crippen LogP contribution in [0.5, 0.6) is 0 Å². The summed E-state index contributed by atoms with van der Waals surface area (Å²) in [5.74, 6) is -1.93. The van der Waals surface area contributed by atoms with Crippen molar-refractivity contribution in [3.63, 3.8) is 0 Å². The molecule has 8 heteroatoms. The van der Waals surface area contributed by atoms with Crippen LogP contribution in [-0.4, -0.2) is 33.6 Å². The normalized spacial score (nSPS) is 10.6. The lowest BCUT2D eigenvalue weighted by Gasteiger charge is -2.08. The quantitative estimate of drug-likeness (QED) is 0.653. The van der Waals surface area contributed by atoms with Crippen LogP contribution in [0.1, 0.15) is 15.9 Å². The first-order chi connectivity index (χ1) is 9.59. The maximum atomic E-state index is 13.7. The lowest BCUT2D eigenvalue weighted by atomic mass is 10.1. The number of hydrogen-bond donors (Lipinski definition) is 2. The van der Waals surface area contributed by atoms with Gasteiger partial charge in [-0.15, -0.1) is 16.9 Å². The minimum absolute atomic E-state index is 0.230. The van der Waals surface area contributed by atoms with Gasteiger partial charge >= 0.3 is 0 Å². The fourth-order valence-corrected chi connectivity index (χ4v) is 2.18. The number of nitrogens with zero attached hydrogens (tertiary/aromatic N) is 2. The molecule has 0 atom stereocenters. The number of benzene rings is 1. The van der Waals surface area contributed by atoms with Crippen molar-refractivity contribution in [3.8, 4) is 0 Å². The number of carbonyl (C=O) groups excluding carboxylic acids is 1. The number of H-pyrrole nitrogens is 1. The highest BCUT2D eigenvalue weighted by atomic mass is 32.2. The van der Waals surface area contributed by atoms with Gasteiger partial charge in [-0.1, -0.05) is 6.07 Å². The van der Waals surface area contributed by atoms with E-state index in [-0.39, 0.29) is 12.1 Å². The minimum atomic E-state index is -0.866. The zero-order valence-electron chi connectivity index (χ0n) is 10.6. The molecule has 0 spiro atoms. The van der Waals surface area contributed by atoms with Gasteiger partial charge in [-0.05, 0) is 18.6 Å². The topological polar surface area (TPSA) is 70.7 Å². The van der Waals surface area contributed by atoms with Gasteiger partial charge in [0, 0.05) is 12.3 Å². The number of aromatic amines is 1. The Balaban J connectivity index is 1.90. The molecule has 0 saturated heterocycles. The highest BCUT2D eigenvalue weighted by molar-refractivity contribution is 7.99. The van der Waals surface area contributed by atoms with Crippen molar-refractivity contribution in [2.75, 3.05) is 12.3 Å². The van der Waals surface area contributed by atoms with Gasteiger partial charge in [-0.3, -0.25) is 4.79 Å². The molecular formula is C12H12F2N4OS. The molecule has 20 heavy (non-hydrogen) atoms. The molecule has 106 valence electrons. The lowest BCUT2D eigenvalue weighted by molar-refractivity contribution is 0.0947. The van der Waals surface area contributed by atoms with Gasteiger partial charge in [0.1, 0.15) is 22.2 Å². The van der Waals surface area contributed by atoms with Crippen LogP contribution in [0.15, 0.2) is 23.4 Å². The third kappa shape index (κ3) is 3.32. The van der Waals surface area contributed by atoms with E-state index in [1.807, 2.05) is 0 Å². The first-order valence-corrected chi connectivity index (χ1v) is 6.79. The maximum Gasteiger partial charge on any atom is 0.257 e. The van der Waals surface area contributed by atoms with E-state index in [4.69, 9.17) is 0 Å². The molecule has 0 aliphatic carbocycles. The predicted octanol–water partition coefficient (Wildman–Crippen LogP) is 1.91. The van der Waals surface area contributed by atoms with E-state index in [2.05, 4.69) is 20.7 Å². The summed E-state index contributed by atoms with van der Waals surface area (Å²) in [6.07, 6.45) is 1.55. The molecule has 2 N–H and O–H groups in total. The Morgan fingerprint density at radius 1 is 1.45 bits per heavy atom. The summed E-state index contributed by atoms with van der Waals surface area (Å²) in [6.45, 7) is 1.75. The number of hydrogen-bond acceptors (Lipinski definition) is 4. The van der Waals surface area contributed by atoms with Crippen molar-refractivity contribution in [1.29, 1.82) is 0 Å². The molecule has 1 heterocycles. The predicted molar refractivity (Wildman–Crippen MR) is 70.5 cm³/mol. The number of carbonyl (C=O) groups is 1. The molecule has 2 aromatic rings. The van der Waals surface area contributed by atoms with Gasteiger partial charge in [-0.2, -0.15) is 10.3 Å². The fraction of sp³-hybridized carbons (Fsp3) is 0.250. The average Bonchev–Trinajstić information content (AvgIpc) is 2.93. The van der Waals surface area contributed by atoms with E-state index in [1.165, 1.54) is 24.8 Å². The Kier molecular flexibility index (Phi) is 4.67. The van der Waals surface area contributed by atoms with Crippen LogP contribution in [-0.2, 0) is 0 Å². The van der Waals surface area contributed by atoms with Crippen LogP contribution >= 0.6 is 11.8 Å². The number of amides is 1. The molecule has 1 aromatic heterocycles. The molecule has 0 bridgehead atoms. The first kappa shape index (κ1) is 14.4. The van der Waals surface area contributed by atoms with E-state index >= 15 is 0 Å². The van der Waals surface area contributed by atoms with Crippen molar-refractivity contribution < 1.29 is 13.6 Å². The standard InChI is InChI=1S/C12H12F2N4OS/c1-7-2-3-8(13)10(11(7)14)12(19)15-4-5-20-9-6-16-18-17-9/h2-3,6H,4-5H2,1H3,(H,15,19)(H,16,17,18). The van der Waals surface area contributed by atoms with Gasteiger partial charge < -0.3 is 5.32 Å². The van der Waals surface area contributed by atoms with E-state index in [0.29, 0.717) is 10.8 Å². The monoisotopic (exact) mass is 298 g/mol. The summed E-state index contributed by atoms with van der Waals surface area (Å²) in [7, 11) is 0. The largest absolute Gasteiger partial charge is 0.351 e. The summed E-state index contributed by atoms with van der Waals surface area (Å²) < 4.78 is 27.2. The van der Waals surface area contributed by atoms with Crippen LogP contribution in [0, 0.1) is 18.6 Å². The molecule has 2 rings (SSSR count). The molecule has 0 radical (unpaired) electrons. The van der Waals surface area contributed by atoms with E-state index in [1.54, 1.807) is 6.20 Å². The fourth-order valence-electron chi connectivity index (χ4n) is 1.53. The van der Waals surface area contributed by atoms with Crippen molar-refractivity contribution >= 4 is 17.7 Å². The molecule has 1 aromatic carbocycles. The Morgan fingerprint density at radius 2 is 2.25 bits per heavy atom. The number of aromatic nitrogens is 3. The van der Waals surface area contributed by atoms with Crippen molar-refractivity contribution in [1.82, 2.24) is 20.7 Å². The highest BCUT2D eigenvalue weighted by Crippen LogP contribution is 2.16. The Hall–Kier alpha value is -1.96. The van der Waals surface area contributed by atoms with Gasteiger partial charge in [0.15, 0.2) is 0 Å². The molecule has 0 unspecified atom stereocenters. The second kappa shape index (κ2) is 6.47.